The van der Waals surface area contributed by atoms with Crippen LogP contribution in [0.25, 0.3) is 0 Å². The van der Waals surface area contributed by atoms with Crippen LogP contribution in [0.15, 0.2) is 9.85 Å². The van der Waals surface area contributed by atoms with Crippen molar-refractivity contribution in [1.82, 2.24) is 5.32 Å². The van der Waals surface area contributed by atoms with Gasteiger partial charge in [0.05, 0.1) is 3.79 Å². The van der Waals surface area contributed by atoms with E-state index in [9.17, 15) is 4.79 Å². The SMILES string of the molecule is Cc1cc(C2COC(=O)N2)sc1Br. The lowest BCUT2D eigenvalue weighted by atomic mass is 10.2. The highest BCUT2D eigenvalue weighted by Crippen LogP contribution is 2.32. The van der Waals surface area contributed by atoms with Crippen LogP contribution in [-0.4, -0.2) is 12.7 Å². The van der Waals surface area contributed by atoms with Gasteiger partial charge in [-0.1, -0.05) is 0 Å². The molecular formula is C8H8BrNO2S. The molecule has 5 heteroatoms. The van der Waals surface area contributed by atoms with Gasteiger partial charge < -0.3 is 10.1 Å². The average molecular weight is 262 g/mol. The molecule has 1 aromatic rings. The molecule has 1 atom stereocenters. The number of hydrogen-bond donors (Lipinski definition) is 1. The van der Waals surface area contributed by atoms with Gasteiger partial charge in [-0.05, 0) is 34.5 Å². The van der Waals surface area contributed by atoms with E-state index in [0.29, 0.717) is 6.61 Å². The molecule has 0 aromatic carbocycles. The quantitative estimate of drug-likeness (QED) is 0.844. The second-order valence-corrected chi connectivity index (χ2v) is 5.30. The maximum Gasteiger partial charge on any atom is 0.407 e. The molecule has 0 bridgehead atoms. The molecule has 0 aliphatic carbocycles. The predicted molar refractivity (Wildman–Crippen MR) is 54.0 cm³/mol. The van der Waals surface area contributed by atoms with E-state index in [4.69, 9.17) is 4.74 Å². The number of carbonyl (C=O) groups is 1. The van der Waals surface area contributed by atoms with Gasteiger partial charge >= 0.3 is 6.09 Å². The van der Waals surface area contributed by atoms with Crippen molar-refractivity contribution in [3.8, 4) is 0 Å². The largest absolute Gasteiger partial charge is 0.447 e. The molecule has 1 N–H and O–H groups in total. The van der Waals surface area contributed by atoms with Crippen LogP contribution in [0.3, 0.4) is 0 Å². The maximum absolute atomic E-state index is 10.8. The summed E-state index contributed by atoms with van der Waals surface area (Å²) in [5.41, 5.74) is 1.20. The molecule has 1 aliphatic heterocycles. The second kappa shape index (κ2) is 3.31. The van der Waals surface area contributed by atoms with Crippen LogP contribution in [0.4, 0.5) is 4.79 Å². The van der Waals surface area contributed by atoms with Gasteiger partial charge in [-0.15, -0.1) is 11.3 Å². The average Bonchev–Trinajstić information content (AvgIpc) is 2.61. The highest BCUT2D eigenvalue weighted by atomic mass is 79.9. The van der Waals surface area contributed by atoms with Crippen LogP contribution >= 0.6 is 27.3 Å². The Labute approximate surface area is 88.2 Å². The van der Waals surface area contributed by atoms with E-state index >= 15 is 0 Å². The molecule has 0 saturated carbocycles. The number of thiophene rings is 1. The topological polar surface area (TPSA) is 38.3 Å². The predicted octanol–water partition coefficient (Wildman–Crippen LogP) is 2.60. The highest BCUT2D eigenvalue weighted by molar-refractivity contribution is 9.11. The summed E-state index contributed by atoms with van der Waals surface area (Å²) >= 11 is 5.08. The zero-order valence-electron chi connectivity index (χ0n) is 6.96. The number of ether oxygens (including phenoxy) is 1. The first-order valence-corrected chi connectivity index (χ1v) is 5.47. The number of halogens is 1. The summed E-state index contributed by atoms with van der Waals surface area (Å²) in [5, 5.41) is 2.74. The number of cyclic esters (lactones) is 1. The third-order valence-corrected chi connectivity index (χ3v) is 4.14. The fourth-order valence-electron chi connectivity index (χ4n) is 1.19. The molecule has 13 heavy (non-hydrogen) atoms. The highest BCUT2D eigenvalue weighted by Gasteiger charge is 2.25. The molecule has 1 amide bonds. The van der Waals surface area contributed by atoms with Crippen LogP contribution in [0.5, 0.6) is 0 Å². The number of carbonyl (C=O) groups excluding carboxylic acids is 1. The number of amides is 1. The number of hydrogen-bond acceptors (Lipinski definition) is 3. The third-order valence-electron chi connectivity index (χ3n) is 1.89. The second-order valence-electron chi connectivity index (χ2n) is 2.90. The minimum Gasteiger partial charge on any atom is -0.447 e. The molecule has 1 fully saturated rings. The molecule has 70 valence electrons. The van der Waals surface area contributed by atoms with E-state index in [1.807, 2.05) is 6.92 Å². The normalized spacial score (nSPS) is 21.4. The first-order chi connectivity index (χ1) is 6.16. The Kier molecular flexibility index (Phi) is 2.29. The van der Waals surface area contributed by atoms with Crippen LogP contribution in [-0.2, 0) is 4.74 Å². The summed E-state index contributed by atoms with van der Waals surface area (Å²) in [7, 11) is 0. The van der Waals surface area contributed by atoms with E-state index in [1.54, 1.807) is 11.3 Å². The summed E-state index contributed by atoms with van der Waals surface area (Å²) in [5.74, 6) is 0. The van der Waals surface area contributed by atoms with Gasteiger partial charge in [0.2, 0.25) is 0 Å². The lowest BCUT2D eigenvalue weighted by Gasteiger charge is -2.01. The van der Waals surface area contributed by atoms with Crippen molar-refractivity contribution in [1.29, 1.82) is 0 Å². The molecule has 0 radical (unpaired) electrons. The Morgan fingerprint density at radius 1 is 1.77 bits per heavy atom. The van der Waals surface area contributed by atoms with Crippen molar-refractivity contribution in [2.24, 2.45) is 0 Å². The number of nitrogens with one attached hydrogen (secondary N) is 1. The fraction of sp³-hybridized carbons (Fsp3) is 0.375. The van der Waals surface area contributed by atoms with Crippen molar-refractivity contribution in [3.63, 3.8) is 0 Å². The van der Waals surface area contributed by atoms with E-state index in [-0.39, 0.29) is 12.1 Å². The van der Waals surface area contributed by atoms with Crippen molar-refractivity contribution >= 4 is 33.4 Å². The first-order valence-electron chi connectivity index (χ1n) is 3.86. The summed E-state index contributed by atoms with van der Waals surface area (Å²) in [6, 6.07) is 2.09. The Bertz CT molecular complexity index is 330. The Hall–Kier alpha value is -0.550. The molecule has 1 aromatic heterocycles. The Morgan fingerprint density at radius 3 is 3.00 bits per heavy atom. The molecule has 1 unspecified atom stereocenters. The van der Waals surface area contributed by atoms with E-state index < -0.39 is 0 Å². The van der Waals surface area contributed by atoms with Gasteiger partial charge in [0.15, 0.2) is 0 Å². The summed E-state index contributed by atoms with van der Waals surface area (Å²) in [4.78, 5) is 11.9. The molecule has 3 nitrogen and oxygen atoms in total. The summed E-state index contributed by atoms with van der Waals surface area (Å²) < 4.78 is 5.92. The van der Waals surface area contributed by atoms with Crippen LogP contribution in [0.1, 0.15) is 16.5 Å². The summed E-state index contributed by atoms with van der Waals surface area (Å²) in [6.07, 6.45) is -0.327. The molecular weight excluding hydrogens is 254 g/mol. The van der Waals surface area contributed by atoms with Crippen molar-refractivity contribution in [2.45, 2.75) is 13.0 Å². The number of alkyl carbamates (subject to hydrolysis) is 1. The fourth-order valence-corrected chi connectivity index (χ4v) is 2.80. The standard InChI is InChI=1S/C8H8BrNO2S/c1-4-2-6(13-7(4)9)5-3-12-8(11)10-5/h2,5H,3H2,1H3,(H,10,11). The van der Waals surface area contributed by atoms with E-state index in [2.05, 4.69) is 27.3 Å². The summed E-state index contributed by atoms with van der Waals surface area (Å²) in [6.45, 7) is 2.47. The van der Waals surface area contributed by atoms with Gasteiger partial charge in [0.1, 0.15) is 12.6 Å². The zero-order valence-corrected chi connectivity index (χ0v) is 9.37. The van der Waals surface area contributed by atoms with Gasteiger partial charge in [-0.25, -0.2) is 4.79 Å². The van der Waals surface area contributed by atoms with Crippen LogP contribution in [0, 0.1) is 6.92 Å². The lowest BCUT2D eigenvalue weighted by molar-refractivity contribution is 0.177. The van der Waals surface area contributed by atoms with Crippen LogP contribution < -0.4 is 5.32 Å². The minimum absolute atomic E-state index is 0.0301. The van der Waals surface area contributed by atoms with Gasteiger partial charge in [-0.2, -0.15) is 0 Å². The first kappa shape index (κ1) is 9.02. The Balaban J connectivity index is 2.21. The minimum atomic E-state index is -0.327. The van der Waals surface area contributed by atoms with E-state index in [0.717, 1.165) is 8.66 Å². The van der Waals surface area contributed by atoms with Crippen molar-refractivity contribution in [3.05, 3.63) is 20.3 Å². The van der Waals surface area contributed by atoms with Gasteiger partial charge in [-0.3, -0.25) is 0 Å². The number of rotatable bonds is 1. The van der Waals surface area contributed by atoms with Crippen molar-refractivity contribution < 1.29 is 9.53 Å². The monoisotopic (exact) mass is 261 g/mol. The molecule has 1 aliphatic rings. The molecule has 0 spiro atoms. The van der Waals surface area contributed by atoms with Crippen LogP contribution in [0.2, 0.25) is 0 Å². The van der Waals surface area contributed by atoms with Gasteiger partial charge in [0.25, 0.3) is 0 Å². The number of aryl methyl sites for hydroxylation is 1. The zero-order chi connectivity index (χ0) is 9.42. The third kappa shape index (κ3) is 1.71. The smallest absolute Gasteiger partial charge is 0.407 e. The molecule has 2 rings (SSSR count). The van der Waals surface area contributed by atoms with Crippen molar-refractivity contribution in [2.75, 3.05) is 6.61 Å². The lowest BCUT2D eigenvalue weighted by Crippen LogP contribution is -2.17. The molecule has 1 saturated heterocycles. The van der Waals surface area contributed by atoms with Gasteiger partial charge in [0, 0.05) is 4.88 Å². The maximum atomic E-state index is 10.8. The Morgan fingerprint density at radius 2 is 2.54 bits per heavy atom. The molecule has 2 heterocycles. The van der Waals surface area contributed by atoms with E-state index in [1.165, 1.54) is 5.56 Å².